The smallest absolute Gasteiger partial charge is 0.261 e. The SMILES string of the molecule is CC1(C)c2cccc3c2B2c4c(cccc4Oc4cc(N5c6ccccc6C6(c7ccccc7N(c7cccnc7)c7ccccc76)c6ccccc65)cc1c42)O3. The number of hydrogen-bond acceptors (Lipinski definition) is 5. The zero-order valence-electron chi connectivity index (χ0n) is 31.4. The van der Waals surface area contributed by atoms with E-state index in [1.165, 1.54) is 44.3 Å². The number of rotatable bonds is 2. The fourth-order valence-electron chi connectivity index (χ4n) is 11.0. The van der Waals surface area contributed by atoms with Crippen molar-refractivity contribution in [3.8, 4) is 23.0 Å². The van der Waals surface area contributed by atoms with Gasteiger partial charge in [0.1, 0.15) is 23.0 Å². The molecule has 0 saturated carbocycles. The Morgan fingerprint density at radius 1 is 0.439 bits per heavy atom. The molecule has 1 aromatic heterocycles. The number of fused-ring (bicyclic) bond motifs is 8. The molecule has 7 aromatic carbocycles. The van der Waals surface area contributed by atoms with Crippen LogP contribution in [0.5, 0.6) is 23.0 Å². The molecule has 0 radical (unpaired) electrons. The Hall–Kier alpha value is -7.05. The lowest BCUT2D eigenvalue weighted by Gasteiger charge is -2.51. The molecule has 0 atom stereocenters. The van der Waals surface area contributed by atoms with Crippen molar-refractivity contribution in [3.63, 3.8) is 0 Å². The number of aromatic nitrogens is 1. The van der Waals surface area contributed by atoms with Crippen LogP contribution < -0.4 is 35.7 Å². The Labute approximate surface area is 331 Å². The Bertz CT molecular complexity index is 2950. The molecule has 6 heterocycles. The summed E-state index contributed by atoms with van der Waals surface area (Å²) in [7, 11) is 0. The van der Waals surface area contributed by atoms with Crippen molar-refractivity contribution in [2.24, 2.45) is 0 Å². The number of benzene rings is 7. The molecule has 8 aromatic rings. The number of hydrogen-bond donors (Lipinski definition) is 0. The predicted octanol–water partition coefficient (Wildman–Crippen LogP) is 10.4. The topological polar surface area (TPSA) is 37.8 Å². The maximum Gasteiger partial charge on any atom is 0.261 e. The van der Waals surface area contributed by atoms with Crippen molar-refractivity contribution in [2.45, 2.75) is 24.7 Å². The van der Waals surface area contributed by atoms with Crippen molar-refractivity contribution in [1.82, 2.24) is 4.98 Å². The van der Waals surface area contributed by atoms with E-state index in [1.807, 2.05) is 24.5 Å². The minimum Gasteiger partial charge on any atom is -0.458 e. The van der Waals surface area contributed by atoms with E-state index in [2.05, 4.69) is 174 Å². The van der Waals surface area contributed by atoms with Gasteiger partial charge in [-0.05, 0) is 105 Å². The van der Waals surface area contributed by atoms with Crippen LogP contribution >= 0.6 is 0 Å². The molecule has 268 valence electrons. The maximum absolute atomic E-state index is 6.99. The van der Waals surface area contributed by atoms with Crippen molar-refractivity contribution in [2.75, 3.05) is 9.80 Å². The van der Waals surface area contributed by atoms with Gasteiger partial charge in [-0.3, -0.25) is 4.98 Å². The van der Waals surface area contributed by atoms with E-state index < -0.39 is 5.41 Å². The number of ether oxygens (including phenoxy) is 2. The molecule has 57 heavy (non-hydrogen) atoms. The molecule has 1 spiro atoms. The van der Waals surface area contributed by atoms with Gasteiger partial charge in [-0.25, -0.2) is 0 Å². The second-order valence-corrected chi connectivity index (χ2v) is 16.3. The molecule has 5 aliphatic rings. The van der Waals surface area contributed by atoms with Crippen LogP contribution in [0, 0.1) is 0 Å². The second-order valence-electron chi connectivity index (χ2n) is 16.3. The zero-order chi connectivity index (χ0) is 37.6. The van der Waals surface area contributed by atoms with Crippen LogP contribution in [-0.2, 0) is 10.8 Å². The van der Waals surface area contributed by atoms with Gasteiger partial charge in [0.05, 0.1) is 45.7 Å². The van der Waals surface area contributed by atoms with Crippen molar-refractivity contribution >= 4 is 57.2 Å². The molecular weight excluding hydrogens is 697 g/mol. The van der Waals surface area contributed by atoms with E-state index in [0.29, 0.717) is 0 Å². The zero-order valence-corrected chi connectivity index (χ0v) is 31.4. The van der Waals surface area contributed by atoms with Gasteiger partial charge in [0, 0.05) is 23.1 Å². The van der Waals surface area contributed by atoms with Crippen molar-refractivity contribution in [1.29, 1.82) is 0 Å². The molecule has 0 saturated heterocycles. The molecule has 0 amide bonds. The van der Waals surface area contributed by atoms with Gasteiger partial charge in [-0.1, -0.05) is 105 Å². The maximum atomic E-state index is 6.99. The monoisotopic (exact) mass is 731 g/mol. The first-order chi connectivity index (χ1) is 28.0. The summed E-state index contributed by atoms with van der Waals surface area (Å²) in [4.78, 5) is 9.41. The van der Waals surface area contributed by atoms with Crippen molar-refractivity contribution in [3.05, 3.63) is 203 Å². The van der Waals surface area contributed by atoms with Crippen LogP contribution in [0.3, 0.4) is 0 Å². The van der Waals surface area contributed by atoms with Crippen LogP contribution in [0.4, 0.5) is 34.1 Å². The first-order valence-corrected chi connectivity index (χ1v) is 19.7. The molecule has 0 fully saturated rings. The second kappa shape index (κ2) is 10.8. The number of nitrogens with zero attached hydrogens (tertiary/aromatic N) is 3. The Balaban J connectivity index is 1.09. The summed E-state index contributed by atoms with van der Waals surface area (Å²) in [6, 6.07) is 57.5. The summed E-state index contributed by atoms with van der Waals surface area (Å²) in [5, 5.41) is 0. The van der Waals surface area contributed by atoms with Crippen molar-refractivity contribution < 1.29 is 9.47 Å². The average molecular weight is 732 g/mol. The standard InChI is InChI=1S/C51H34BN3O2/c1-50(2)37-19-11-24-43-47(37)52-48-38(50)28-32(29-46(48)57-45-26-12-25-44(56-43)49(45)52)55-41-22-9-5-17-35(41)51(36-18-6-10-23-42(36)55)33-15-3-7-20-39(33)54(31-14-13-27-53-30-31)40-21-8-4-16-34(40)51/h3-30H,1-2H3. The highest BCUT2D eigenvalue weighted by molar-refractivity contribution is 6.99. The van der Waals surface area contributed by atoms with E-state index in [4.69, 9.17) is 9.47 Å². The lowest BCUT2D eigenvalue weighted by molar-refractivity contribution is 0.460. The number of anilines is 6. The summed E-state index contributed by atoms with van der Waals surface area (Å²) in [6.07, 6.45) is 3.80. The minimum atomic E-state index is -0.611. The third kappa shape index (κ3) is 3.78. The molecule has 5 aliphatic heterocycles. The van der Waals surface area contributed by atoms with Crippen LogP contribution in [0.1, 0.15) is 47.2 Å². The van der Waals surface area contributed by atoms with Gasteiger partial charge in [-0.15, -0.1) is 0 Å². The fourth-order valence-corrected chi connectivity index (χ4v) is 11.0. The van der Waals surface area contributed by atoms with Crippen LogP contribution in [0.25, 0.3) is 0 Å². The molecule has 0 N–H and O–H groups in total. The van der Waals surface area contributed by atoms with Gasteiger partial charge in [0.15, 0.2) is 0 Å². The normalized spacial score (nSPS) is 16.0. The van der Waals surface area contributed by atoms with E-state index in [0.717, 1.165) is 62.6 Å². The highest BCUT2D eigenvalue weighted by atomic mass is 16.5. The third-order valence-corrected chi connectivity index (χ3v) is 13.2. The molecule has 0 bridgehead atoms. The minimum absolute atomic E-state index is 0.0409. The van der Waals surface area contributed by atoms with Gasteiger partial charge >= 0.3 is 0 Å². The van der Waals surface area contributed by atoms with E-state index >= 15 is 0 Å². The van der Waals surface area contributed by atoms with Crippen LogP contribution in [0.15, 0.2) is 170 Å². The van der Waals surface area contributed by atoms with Gasteiger partial charge in [0.2, 0.25) is 0 Å². The van der Waals surface area contributed by atoms with Gasteiger partial charge in [-0.2, -0.15) is 0 Å². The molecule has 5 nitrogen and oxygen atoms in total. The lowest BCUT2D eigenvalue weighted by Crippen LogP contribution is -2.64. The summed E-state index contributed by atoms with van der Waals surface area (Å²) in [6.45, 7) is 4.75. The van der Waals surface area contributed by atoms with E-state index in [-0.39, 0.29) is 12.1 Å². The fraction of sp³-hybridized carbons (Fsp3) is 0.0784. The number of pyridine rings is 1. The molecule has 0 unspecified atom stereocenters. The van der Waals surface area contributed by atoms with E-state index in [9.17, 15) is 0 Å². The average Bonchev–Trinajstić information content (AvgIpc) is 3.25. The first-order valence-electron chi connectivity index (χ1n) is 19.7. The molecule has 6 heteroatoms. The first kappa shape index (κ1) is 31.2. The summed E-state index contributed by atoms with van der Waals surface area (Å²) < 4.78 is 13.6. The largest absolute Gasteiger partial charge is 0.458 e. The highest BCUT2D eigenvalue weighted by Crippen LogP contribution is 2.64. The molecule has 0 aliphatic carbocycles. The number of para-hydroxylation sites is 4. The Morgan fingerprint density at radius 2 is 0.912 bits per heavy atom. The third-order valence-electron chi connectivity index (χ3n) is 13.2. The van der Waals surface area contributed by atoms with Crippen LogP contribution in [0.2, 0.25) is 0 Å². The molecule has 13 rings (SSSR count). The van der Waals surface area contributed by atoms with Gasteiger partial charge in [0.25, 0.3) is 6.71 Å². The Morgan fingerprint density at radius 3 is 1.47 bits per heavy atom. The summed E-state index contributed by atoms with van der Waals surface area (Å²) in [5.74, 6) is 3.59. The van der Waals surface area contributed by atoms with Crippen LogP contribution in [-0.4, -0.2) is 11.7 Å². The van der Waals surface area contributed by atoms with Gasteiger partial charge < -0.3 is 19.3 Å². The quantitative estimate of drug-likeness (QED) is 0.166. The summed E-state index contributed by atoms with van der Waals surface area (Å²) >= 11 is 0. The predicted molar refractivity (Wildman–Crippen MR) is 229 cm³/mol. The lowest BCUT2D eigenvalue weighted by atomic mass is 9.30. The summed E-state index contributed by atoms with van der Waals surface area (Å²) in [5.41, 5.74) is 16.9. The Kier molecular flexibility index (Phi) is 5.93. The molecular formula is C51H34BN3O2. The van der Waals surface area contributed by atoms with E-state index in [1.54, 1.807) is 0 Å². The highest BCUT2D eigenvalue weighted by Gasteiger charge is 2.53.